The van der Waals surface area contributed by atoms with Crippen LogP contribution in [0, 0.1) is 5.92 Å². The number of urea groups is 1. The van der Waals surface area contributed by atoms with Crippen molar-refractivity contribution in [3.05, 3.63) is 66.0 Å². The molecule has 1 unspecified atom stereocenters. The van der Waals surface area contributed by atoms with Crippen LogP contribution >= 0.6 is 0 Å². The van der Waals surface area contributed by atoms with E-state index in [9.17, 15) is 31.2 Å². The lowest BCUT2D eigenvalue weighted by Gasteiger charge is -2.41. The van der Waals surface area contributed by atoms with Crippen molar-refractivity contribution in [2.24, 2.45) is 13.0 Å². The van der Waals surface area contributed by atoms with Gasteiger partial charge in [-0.2, -0.15) is 22.6 Å². The highest BCUT2D eigenvalue weighted by molar-refractivity contribution is 7.89. The molecular weight excluding hydrogens is 800 g/mol. The van der Waals surface area contributed by atoms with Gasteiger partial charge in [0.25, 0.3) is 5.92 Å². The Kier molecular flexibility index (Phi) is 11.0. The number of aromatic nitrogens is 4. The van der Waals surface area contributed by atoms with Crippen molar-refractivity contribution in [1.82, 2.24) is 34.3 Å². The number of carbonyl (C=O) groups is 2. The number of likely N-dealkylation sites (tertiary alicyclic amines) is 1. The summed E-state index contributed by atoms with van der Waals surface area (Å²) >= 11 is 0. The zero-order valence-corrected chi connectivity index (χ0v) is 33.2. The van der Waals surface area contributed by atoms with Crippen LogP contribution in [-0.2, 0) is 28.0 Å². The van der Waals surface area contributed by atoms with Crippen LogP contribution in [0.15, 0.2) is 59.8 Å². The Morgan fingerprint density at radius 1 is 0.915 bits per heavy atom. The van der Waals surface area contributed by atoms with E-state index in [1.54, 1.807) is 48.1 Å². The standard InChI is InChI=1S/C39H45F5N10O4S/c1-50-33-19-26(5-6-31(33)35(49-50)54-18-12-34(55)48-37(54)56)32-11-13-51(24-38(32,40)41)23-25-7-14-52(15-8-25)29-3-2-4-30(20-29)59(57,58)53-16-9-28(10-17-53)47-36-45-21-27(22-46-36)39(42,43)44/h2-6,19-22,25,28,32H,7-18,23-24H2,1H3,(H,45,46,47)(H,48,55,56). The second kappa shape index (κ2) is 15.9. The number of aryl methyl sites for hydroxylation is 1. The number of hydrogen-bond acceptors (Lipinski definition) is 10. The van der Waals surface area contributed by atoms with Gasteiger partial charge in [0.2, 0.25) is 21.9 Å². The van der Waals surface area contributed by atoms with Crippen LogP contribution < -0.4 is 20.4 Å². The SMILES string of the molecule is Cn1nc(N2CCC(=O)NC2=O)c2ccc(C3CCN(CC4CCN(c5cccc(S(=O)(=O)N6CCC(Nc7ncc(C(F)(F)F)cn7)CC6)c5)CC4)CC3(F)F)cc21. The number of benzene rings is 2. The zero-order chi connectivity index (χ0) is 41.7. The molecule has 2 N–H and O–H groups in total. The molecule has 8 rings (SSSR count). The summed E-state index contributed by atoms with van der Waals surface area (Å²) < 4.78 is 101. The van der Waals surface area contributed by atoms with E-state index in [2.05, 4.69) is 30.6 Å². The molecule has 20 heteroatoms. The minimum Gasteiger partial charge on any atom is -0.371 e. The number of carbonyl (C=O) groups excluding carboxylic acids is 2. The number of amides is 3. The van der Waals surface area contributed by atoms with Crippen LogP contribution in [0.25, 0.3) is 10.9 Å². The number of nitrogens with zero attached hydrogens (tertiary/aromatic N) is 8. The fraction of sp³-hybridized carbons (Fsp3) is 0.513. The third-order valence-electron chi connectivity index (χ3n) is 12.0. The first-order chi connectivity index (χ1) is 28.0. The molecule has 3 amide bonds. The summed E-state index contributed by atoms with van der Waals surface area (Å²) in [5, 5.41) is 10.4. The molecule has 0 spiro atoms. The molecule has 14 nitrogen and oxygen atoms in total. The Bertz CT molecular complexity index is 2310. The van der Waals surface area contributed by atoms with Crippen molar-refractivity contribution >= 4 is 50.3 Å². The number of halogens is 5. The third kappa shape index (κ3) is 8.57. The zero-order valence-electron chi connectivity index (χ0n) is 32.3. The number of hydrogen-bond donors (Lipinski definition) is 2. The molecule has 4 aliphatic rings. The Hall–Kier alpha value is -4.95. The molecule has 2 aromatic heterocycles. The maximum atomic E-state index is 15.9. The summed E-state index contributed by atoms with van der Waals surface area (Å²) in [6, 6.07) is 11.2. The number of alkyl halides is 5. The van der Waals surface area contributed by atoms with Crippen molar-refractivity contribution in [2.45, 2.75) is 67.5 Å². The molecule has 6 heterocycles. The number of imide groups is 1. The summed E-state index contributed by atoms with van der Waals surface area (Å²) in [4.78, 5) is 37.2. The van der Waals surface area contributed by atoms with Crippen molar-refractivity contribution in [3.8, 4) is 0 Å². The maximum Gasteiger partial charge on any atom is 0.419 e. The summed E-state index contributed by atoms with van der Waals surface area (Å²) in [6.45, 7) is 2.65. The summed E-state index contributed by atoms with van der Waals surface area (Å²) in [6.07, 6.45) is -0.288. The maximum absolute atomic E-state index is 15.9. The van der Waals surface area contributed by atoms with Crippen molar-refractivity contribution < 1.29 is 40.0 Å². The molecule has 4 saturated heterocycles. The number of nitrogens with one attached hydrogen (secondary N) is 2. The minimum absolute atomic E-state index is 0.0536. The lowest BCUT2D eigenvalue weighted by Crippen LogP contribution is -2.49. The van der Waals surface area contributed by atoms with E-state index < -0.39 is 39.6 Å². The third-order valence-corrected chi connectivity index (χ3v) is 13.9. The second-order valence-electron chi connectivity index (χ2n) is 15.9. The van der Waals surface area contributed by atoms with Gasteiger partial charge < -0.3 is 10.2 Å². The number of sulfonamides is 1. The van der Waals surface area contributed by atoms with Crippen LogP contribution in [0.5, 0.6) is 0 Å². The van der Waals surface area contributed by atoms with E-state index in [1.807, 2.05) is 11.0 Å². The highest BCUT2D eigenvalue weighted by atomic mass is 32.2. The van der Waals surface area contributed by atoms with Gasteiger partial charge in [-0.3, -0.25) is 24.6 Å². The van der Waals surface area contributed by atoms with Crippen LogP contribution in [0.3, 0.4) is 0 Å². The highest BCUT2D eigenvalue weighted by Crippen LogP contribution is 2.42. The average molecular weight is 845 g/mol. The van der Waals surface area contributed by atoms with Crippen LogP contribution in [-0.4, -0.2) is 114 Å². The van der Waals surface area contributed by atoms with E-state index in [4.69, 9.17) is 0 Å². The Morgan fingerprint density at radius 3 is 2.32 bits per heavy atom. The number of anilines is 3. The smallest absolute Gasteiger partial charge is 0.371 e. The van der Waals surface area contributed by atoms with Gasteiger partial charge in [-0.05, 0) is 80.5 Å². The summed E-state index contributed by atoms with van der Waals surface area (Å²) in [5.41, 5.74) is 0.972. The van der Waals surface area contributed by atoms with E-state index >= 15 is 8.78 Å². The monoisotopic (exact) mass is 844 g/mol. The first kappa shape index (κ1) is 40.8. The molecule has 1 atom stereocenters. The van der Waals surface area contributed by atoms with Gasteiger partial charge in [0, 0.05) is 82.2 Å². The Balaban J connectivity index is 0.827. The summed E-state index contributed by atoms with van der Waals surface area (Å²) in [5.74, 6) is -3.66. The van der Waals surface area contributed by atoms with Crippen LogP contribution in [0.1, 0.15) is 55.6 Å². The van der Waals surface area contributed by atoms with Crippen molar-refractivity contribution in [2.75, 3.05) is 67.5 Å². The second-order valence-corrected chi connectivity index (χ2v) is 17.8. The van der Waals surface area contributed by atoms with Gasteiger partial charge >= 0.3 is 12.2 Å². The molecule has 316 valence electrons. The predicted molar refractivity (Wildman–Crippen MR) is 209 cm³/mol. The molecule has 0 bridgehead atoms. The molecule has 4 fully saturated rings. The largest absolute Gasteiger partial charge is 0.419 e. The Morgan fingerprint density at radius 2 is 1.64 bits per heavy atom. The van der Waals surface area contributed by atoms with E-state index in [-0.39, 0.29) is 67.7 Å². The van der Waals surface area contributed by atoms with E-state index in [0.717, 1.165) is 18.5 Å². The number of piperidine rings is 3. The van der Waals surface area contributed by atoms with E-state index in [1.165, 1.54) is 9.21 Å². The van der Waals surface area contributed by atoms with Gasteiger partial charge in [0.1, 0.15) is 0 Å². The predicted octanol–water partition coefficient (Wildman–Crippen LogP) is 5.43. The topological polar surface area (TPSA) is 149 Å². The molecule has 0 aliphatic carbocycles. The first-order valence-electron chi connectivity index (χ1n) is 19.7. The lowest BCUT2D eigenvalue weighted by atomic mass is 9.85. The molecule has 2 aromatic carbocycles. The first-order valence-corrected chi connectivity index (χ1v) is 21.2. The van der Waals surface area contributed by atoms with Gasteiger partial charge in [-0.15, -0.1) is 0 Å². The van der Waals surface area contributed by atoms with E-state index in [0.29, 0.717) is 73.7 Å². The fourth-order valence-electron chi connectivity index (χ4n) is 8.71. The highest BCUT2D eigenvalue weighted by Gasteiger charge is 2.46. The molecule has 0 saturated carbocycles. The molecule has 4 aliphatic heterocycles. The quantitative estimate of drug-likeness (QED) is 0.209. The molecular formula is C39H45F5N10O4S. The average Bonchev–Trinajstić information content (AvgIpc) is 3.52. The normalized spacial score (nSPS) is 21.9. The lowest BCUT2D eigenvalue weighted by molar-refractivity contribution is -0.138. The van der Waals surface area contributed by atoms with Crippen molar-refractivity contribution in [1.29, 1.82) is 0 Å². The van der Waals surface area contributed by atoms with Gasteiger partial charge in [-0.1, -0.05) is 12.1 Å². The van der Waals surface area contributed by atoms with Crippen molar-refractivity contribution in [3.63, 3.8) is 0 Å². The van der Waals surface area contributed by atoms with Crippen LogP contribution in [0.4, 0.5) is 44.2 Å². The van der Waals surface area contributed by atoms with Gasteiger partial charge in [0.05, 0.1) is 28.4 Å². The van der Waals surface area contributed by atoms with Gasteiger partial charge in [0.15, 0.2) is 5.82 Å². The molecule has 0 radical (unpaired) electrons. The number of rotatable bonds is 9. The number of fused-ring (bicyclic) bond motifs is 1. The fourth-order valence-corrected chi connectivity index (χ4v) is 10.2. The molecule has 59 heavy (non-hydrogen) atoms. The Labute approximate surface area is 337 Å². The van der Waals surface area contributed by atoms with Gasteiger partial charge in [-0.25, -0.2) is 32.0 Å². The summed E-state index contributed by atoms with van der Waals surface area (Å²) in [7, 11) is -2.11. The minimum atomic E-state index is -4.54. The molecule has 4 aromatic rings. The van der Waals surface area contributed by atoms with Crippen LogP contribution in [0.2, 0.25) is 0 Å².